The molecule has 0 amide bonds. The first-order valence-electron chi connectivity index (χ1n) is 10.0. The predicted octanol–water partition coefficient (Wildman–Crippen LogP) is 2.46. The van der Waals surface area contributed by atoms with Crippen molar-refractivity contribution in [3.05, 3.63) is 47.8 Å². The van der Waals surface area contributed by atoms with Crippen molar-refractivity contribution < 1.29 is 0 Å². The molecule has 3 aromatic heterocycles. The summed E-state index contributed by atoms with van der Waals surface area (Å²) >= 11 is 0. The fourth-order valence-corrected chi connectivity index (χ4v) is 3.89. The number of aromatic amines is 1. The van der Waals surface area contributed by atoms with Gasteiger partial charge in [0.25, 0.3) is 0 Å². The standard InChI is InChI=1S/C20H30N8/c1-20(2,3)17-10-16(22-23-17)12-27-8-5-6-15(11-27)19-25-24-18(26(19)4)13-28-9-7-21-14-28/h7,9-10,14-15H,5-6,8,11-13H2,1-4H3,(H,22,23)/t15-/m1/s1. The molecule has 28 heavy (non-hydrogen) atoms. The molecule has 3 aromatic rings. The Morgan fingerprint density at radius 1 is 1.21 bits per heavy atom. The highest BCUT2D eigenvalue weighted by Crippen LogP contribution is 2.27. The number of aromatic nitrogens is 7. The van der Waals surface area contributed by atoms with Gasteiger partial charge in [-0.3, -0.25) is 10.00 Å². The largest absolute Gasteiger partial charge is 0.330 e. The van der Waals surface area contributed by atoms with Gasteiger partial charge in [-0.05, 0) is 25.5 Å². The van der Waals surface area contributed by atoms with Crippen molar-refractivity contribution in [2.24, 2.45) is 7.05 Å². The summed E-state index contributed by atoms with van der Waals surface area (Å²) in [6.07, 6.45) is 7.88. The lowest BCUT2D eigenvalue weighted by Crippen LogP contribution is -2.35. The minimum absolute atomic E-state index is 0.0729. The average molecular weight is 383 g/mol. The maximum absolute atomic E-state index is 4.53. The Kier molecular flexibility index (Phi) is 5.05. The molecule has 4 heterocycles. The van der Waals surface area contributed by atoms with E-state index >= 15 is 0 Å². The first-order chi connectivity index (χ1) is 13.4. The molecule has 1 aliphatic heterocycles. The molecule has 150 valence electrons. The molecule has 1 aliphatic rings. The number of piperidine rings is 1. The molecule has 4 rings (SSSR count). The molecule has 8 heteroatoms. The summed E-state index contributed by atoms with van der Waals surface area (Å²) in [5.74, 6) is 2.46. The van der Waals surface area contributed by atoms with Crippen LogP contribution >= 0.6 is 0 Å². The highest BCUT2D eigenvalue weighted by Gasteiger charge is 2.27. The van der Waals surface area contributed by atoms with Crippen molar-refractivity contribution in [1.82, 2.24) is 39.4 Å². The van der Waals surface area contributed by atoms with Crippen LogP contribution in [0.15, 0.2) is 24.8 Å². The first kappa shape index (κ1) is 18.9. The van der Waals surface area contributed by atoms with Crippen molar-refractivity contribution >= 4 is 0 Å². The molecule has 1 saturated heterocycles. The summed E-state index contributed by atoms with van der Waals surface area (Å²) in [6.45, 7) is 10.3. The quantitative estimate of drug-likeness (QED) is 0.733. The van der Waals surface area contributed by atoms with Crippen LogP contribution in [0.3, 0.4) is 0 Å². The third-order valence-corrected chi connectivity index (χ3v) is 5.55. The molecular formula is C20H30N8. The fourth-order valence-electron chi connectivity index (χ4n) is 3.89. The van der Waals surface area contributed by atoms with E-state index in [4.69, 9.17) is 0 Å². The summed E-state index contributed by atoms with van der Waals surface area (Å²) in [4.78, 5) is 6.60. The second-order valence-corrected chi connectivity index (χ2v) is 8.87. The van der Waals surface area contributed by atoms with Crippen LogP contribution in [0.2, 0.25) is 0 Å². The molecule has 1 atom stereocenters. The normalized spacial score (nSPS) is 18.6. The zero-order chi connectivity index (χ0) is 19.7. The third-order valence-electron chi connectivity index (χ3n) is 5.55. The zero-order valence-corrected chi connectivity index (χ0v) is 17.3. The van der Waals surface area contributed by atoms with E-state index in [9.17, 15) is 0 Å². The molecule has 0 radical (unpaired) electrons. The summed E-state index contributed by atoms with van der Waals surface area (Å²) in [6, 6.07) is 2.20. The van der Waals surface area contributed by atoms with Crippen molar-refractivity contribution in [1.29, 1.82) is 0 Å². The molecule has 1 fully saturated rings. The molecular weight excluding hydrogens is 352 g/mol. The van der Waals surface area contributed by atoms with E-state index in [1.54, 1.807) is 6.20 Å². The minimum Gasteiger partial charge on any atom is -0.330 e. The number of imidazole rings is 1. The molecule has 0 bridgehead atoms. The van der Waals surface area contributed by atoms with Crippen LogP contribution in [0.4, 0.5) is 0 Å². The highest BCUT2D eigenvalue weighted by molar-refractivity contribution is 5.16. The minimum atomic E-state index is 0.0729. The van der Waals surface area contributed by atoms with Crippen molar-refractivity contribution in [2.75, 3.05) is 13.1 Å². The lowest BCUT2D eigenvalue weighted by atomic mass is 9.92. The van der Waals surface area contributed by atoms with E-state index in [0.29, 0.717) is 12.5 Å². The molecule has 1 N–H and O–H groups in total. The Morgan fingerprint density at radius 2 is 2.07 bits per heavy atom. The maximum atomic E-state index is 4.53. The smallest absolute Gasteiger partial charge is 0.152 e. The van der Waals surface area contributed by atoms with Crippen LogP contribution in [-0.2, 0) is 25.6 Å². The van der Waals surface area contributed by atoms with Crippen molar-refractivity contribution in [2.45, 2.75) is 58.0 Å². The van der Waals surface area contributed by atoms with Gasteiger partial charge in [-0.15, -0.1) is 10.2 Å². The van der Waals surface area contributed by atoms with Gasteiger partial charge in [0.15, 0.2) is 5.82 Å². The number of hydrogen-bond donors (Lipinski definition) is 1. The highest BCUT2D eigenvalue weighted by atomic mass is 15.3. The number of likely N-dealkylation sites (tertiary alicyclic amines) is 1. The van der Waals surface area contributed by atoms with Gasteiger partial charge >= 0.3 is 0 Å². The second-order valence-electron chi connectivity index (χ2n) is 8.87. The Balaban J connectivity index is 1.42. The van der Waals surface area contributed by atoms with E-state index in [1.807, 2.05) is 17.1 Å². The maximum Gasteiger partial charge on any atom is 0.152 e. The Hall–Kier alpha value is -2.48. The molecule has 0 unspecified atom stereocenters. The predicted molar refractivity (Wildman–Crippen MR) is 107 cm³/mol. The van der Waals surface area contributed by atoms with Gasteiger partial charge in [-0.25, -0.2) is 4.98 Å². The molecule has 0 aromatic carbocycles. The lowest BCUT2D eigenvalue weighted by molar-refractivity contribution is 0.193. The summed E-state index contributed by atoms with van der Waals surface area (Å²) in [7, 11) is 2.07. The van der Waals surface area contributed by atoms with E-state index < -0.39 is 0 Å². The van der Waals surface area contributed by atoms with Gasteiger partial charge in [0.2, 0.25) is 0 Å². The van der Waals surface area contributed by atoms with E-state index in [-0.39, 0.29) is 5.41 Å². The van der Waals surface area contributed by atoms with Gasteiger partial charge in [0.1, 0.15) is 5.82 Å². The molecule has 0 aliphatic carbocycles. The van der Waals surface area contributed by atoms with Gasteiger partial charge in [-0.2, -0.15) is 5.10 Å². The lowest BCUT2D eigenvalue weighted by Gasteiger charge is -2.31. The van der Waals surface area contributed by atoms with Gasteiger partial charge < -0.3 is 9.13 Å². The van der Waals surface area contributed by atoms with Crippen LogP contribution in [-0.4, -0.2) is 52.5 Å². The van der Waals surface area contributed by atoms with Crippen LogP contribution < -0.4 is 0 Å². The third kappa shape index (κ3) is 4.01. The van der Waals surface area contributed by atoms with Gasteiger partial charge in [0, 0.05) is 49.6 Å². The van der Waals surface area contributed by atoms with Crippen molar-refractivity contribution in [3.63, 3.8) is 0 Å². The SMILES string of the molecule is Cn1c(Cn2ccnc2)nnc1[C@@H]1CCCN(Cc2cc(C(C)(C)C)n[nH]2)C1. The average Bonchev–Trinajstić information content (AvgIpc) is 3.38. The Labute approximate surface area is 166 Å². The number of hydrogen-bond acceptors (Lipinski definition) is 5. The Morgan fingerprint density at radius 3 is 2.79 bits per heavy atom. The van der Waals surface area contributed by atoms with Crippen LogP contribution in [0.25, 0.3) is 0 Å². The van der Waals surface area contributed by atoms with Crippen LogP contribution in [0.1, 0.15) is 62.6 Å². The summed E-state index contributed by atoms with van der Waals surface area (Å²) < 4.78 is 4.17. The fraction of sp³-hybridized carbons (Fsp3) is 0.600. The summed E-state index contributed by atoms with van der Waals surface area (Å²) in [5.41, 5.74) is 2.38. The first-order valence-corrected chi connectivity index (χ1v) is 10.0. The van der Waals surface area contributed by atoms with Gasteiger partial charge in [0.05, 0.1) is 18.6 Å². The topological polar surface area (TPSA) is 80.4 Å². The number of nitrogens with one attached hydrogen (secondary N) is 1. The van der Waals surface area contributed by atoms with Gasteiger partial charge in [-0.1, -0.05) is 20.8 Å². The van der Waals surface area contributed by atoms with E-state index in [1.165, 1.54) is 12.1 Å². The second kappa shape index (κ2) is 7.50. The van der Waals surface area contributed by atoms with Crippen LogP contribution in [0.5, 0.6) is 0 Å². The zero-order valence-electron chi connectivity index (χ0n) is 17.3. The monoisotopic (exact) mass is 382 g/mol. The number of rotatable bonds is 5. The summed E-state index contributed by atoms with van der Waals surface area (Å²) in [5, 5.41) is 16.7. The number of H-pyrrole nitrogens is 1. The number of nitrogens with zero attached hydrogens (tertiary/aromatic N) is 7. The molecule has 0 spiro atoms. The molecule has 8 nitrogen and oxygen atoms in total. The Bertz CT molecular complexity index is 899. The molecule has 0 saturated carbocycles. The van der Waals surface area contributed by atoms with Crippen LogP contribution in [0, 0.1) is 0 Å². The van der Waals surface area contributed by atoms with E-state index in [2.05, 4.69) is 68.7 Å². The van der Waals surface area contributed by atoms with Crippen molar-refractivity contribution in [3.8, 4) is 0 Å². The van der Waals surface area contributed by atoms with E-state index in [0.717, 1.165) is 43.4 Å².